The molecule has 3 atom stereocenters. The molecule has 0 saturated carbocycles. The van der Waals surface area contributed by atoms with E-state index in [0.29, 0.717) is 12.6 Å². The average Bonchev–Trinajstić information content (AvgIpc) is 2.52. The third-order valence-corrected chi connectivity index (χ3v) is 4.32. The second-order valence-electron chi connectivity index (χ2n) is 5.87. The SMILES string of the molecule is CC[C@@H]1CC[C@H](N)CN1C(C)C(=O)OCc1ccccc1. The monoisotopic (exact) mass is 290 g/mol. The number of hydrogen-bond acceptors (Lipinski definition) is 4. The lowest BCUT2D eigenvalue weighted by Crippen LogP contribution is -2.54. The van der Waals surface area contributed by atoms with E-state index < -0.39 is 0 Å². The predicted molar refractivity (Wildman–Crippen MR) is 83.7 cm³/mol. The molecule has 0 bridgehead atoms. The maximum Gasteiger partial charge on any atom is 0.323 e. The second kappa shape index (κ2) is 7.57. The van der Waals surface area contributed by atoms with E-state index >= 15 is 0 Å². The summed E-state index contributed by atoms with van der Waals surface area (Å²) in [5, 5.41) is 0. The third-order valence-electron chi connectivity index (χ3n) is 4.32. The molecule has 4 heteroatoms. The Bertz CT molecular complexity index is 449. The number of carbonyl (C=O) groups excluding carboxylic acids is 1. The summed E-state index contributed by atoms with van der Waals surface area (Å²) >= 11 is 0. The highest BCUT2D eigenvalue weighted by atomic mass is 16.5. The van der Waals surface area contributed by atoms with Gasteiger partial charge in [0, 0.05) is 18.6 Å². The first-order valence-corrected chi connectivity index (χ1v) is 7.83. The fourth-order valence-corrected chi connectivity index (χ4v) is 2.98. The number of nitrogens with two attached hydrogens (primary N) is 1. The van der Waals surface area contributed by atoms with Gasteiger partial charge in [-0.3, -0.25) is 9.69 Å². The van der Waals surface area contributed by atoms with Crippen LogP contribution in [-0.4, -0.2) is 35.5 Å². The summed E-state index contributed by atoms with van der Waals surface area (Å²) in [5.74, 6) is -0.161. The van der Waals surface area contributed by atoms with E-state index in [1.54, 1.807) is 0 Å². The van der Waals surface area contributed by atoms with Crippen LogP contribution in [0.4, 0.5) is 0 Å². The van der Waals surface area contributed by atoms with E-state index in [4.69, 9.17) is 10.5 Å². The molecular formula is C17H26N2O2. The Morgan fingerprint density at radius 3 is 2.76 bits per heavy atom. The van der Waals surface area contributed by atoms with Crippen molar-refractivity contribution in [1.82, 2.24) is 4.90 Å². The number of ether oxygens (including phenoxy) is 1. The van der Waals surface area contributed by atoms with Crippen molar-refractivity contribution in [3.05, 3.63) is 35.9 Å². The number of likely N-dealkylation sites (tertiary alicyclic amines) is 1. The van der Waals surface area contributed by atoms with E-state index in [0.717, 1.165) is 31.4 Å². The van der Waals surface area contributed by atoms with Gasteiger partial charge in [0.2, 0.25) is 0 Å². The van der Waals surface area contributed by atoms with Crippen LogP contribution in [0.15, 0.2) is 30.3 Å². The molecule has 2 rings (SSSR count). The lowest BCUT2D eigenvalue weighted by atomic mass is 9.95. The van der Waals surface area contributed by atoms with Crippen LogP contribution in [0.1, 0.15) is 38.7 Å². The first-order valence-electron chi connectivity index (χ1n) is 7.83. The minimum Gasteiger partial charge on any atom is -0.460 e. The Hall–Kier alpha value is -1.39. The molecule has 4 nitrogen and oxygen atoms in total. The quantitative estimate of drug-likeness (QED) is 0.846. The minimum atomic E-state index is -0.231. The van der Waals surface area contributed by atoms with Crippen LogP contribution in [0, 0.1) is 0 Å². The van der Waals surface area contributed by atoms with Crippen LogP contribution in [0.3, 0.4) is 0 Å². The molecule has 1 aromatic rings. The first-order chi connectivity index (χ1) is 10.1. The fraction of sp³-hybridized carbons (Fsp3) is 0.588. The Morgan fingerprint density at radius 1 is 1.38 bits per heavy atom. The largest absolute Gasteiger partial charge is 0.460 e. The van der Waals surface area contributed by atoms with E-state index in [9.17, 15) is 4.79 Å². The minimum absolute atomic E-state index is 0.161. The van der Waals surface area contributed by atoms with Gasteiger partial charge in [0.25, 0.3) is 0 Å². The number of rotatable bonds is 5. The zero-order chi connectivity index (χ0) is 15.2. The smallest absolute Gasteiger partial charge is 0.323 e. The number of benzene rings is 1. The van der Waals surface area contributed by atoms with Crippen LogP contribution in [0.2, 0.25) is 0 Å². The highest BCUT2D eigenvalue weighted by molar-refractivity contribution is 5.75. The number of nitrogens with zero attached hydrogens (tertiary/aromatic N) is 1. The van der Waals surface area contributed by atoms with E-state index in [2.05, 4.69) is 11.8 Å². The lowest BCUT2D eigenvalue weighted by Gasteiger charge is -2.40. The van der Waals surface area contributed by atoms with Gasteiger partial charge in [0.05, 0.1) is 0 Å². The van der Waals surface area contributed by atoms with Gasteiger partial charge < -0.3 is 10.5 Å². The van der Waals surface area contributed by atoms with Gasteiger partial charge in [-0.15, -0.1) is 0 Å². The molecule has 1 aromatic carbocycles. The lowest BCUT2D eigenvalue weighted by molar-refractivity contribution is -0.152. The molecule has 1 heterocycles. The molecule has 0 radical (unpaired) electrons. The molecule has 2 N–H and O–H groups in total. The van der Waals surface area contributed by atoms with Gasteiger partial charge in [-0.05, 0) is 31.7 Å². The van der Waals surface area contributed by atoms with Gasteiger partial charge in [-0.25, -0.2) is 0 Å². The van der Waals surface area contributed by atoms with Gasteiger partial charge in [0.15, 0.2) is 0 Å². The molecule has 1 fully saturated rings. The summed E-state index contributed by atoms with van der Waals surface area (Å²) in [5.41, 5.74) is 7.07. The summed E-state index contributed by atoms with van der Waals surface area (Å²) < 4.78 is 5.45. The van der Waals surface area contributed by atoms with E-state index in [1.165, 1.54) is 0 Å². The molecule has 21 heavy (non-hydrogen) atoms. The molecule has 0 spiro atoms. The Labute approximate surface area is 127 Å². The molecule has 0 amide bonds. The van der Waals surface area contributed by atoms with Crippen LogP contribution in [0.5, 0.6) is 0 Å². The molecule has 1 aliphatic heterocycles. The summed E-state index contributed by atoms with van der Waals surface area (Å²) in [6.07, 6.45) is 3.15. The summed E-state index contributed by atoms with van der Waals surface area (Å²) in [4.78, 5) is 14.5. The topological polar surface area (TPSA) is 55.6 Å². The molecule has 116 valence electrons. The third kappa shape index (κ3) is 4.29. The van der Waals surface area contributed by atoms with E-state index in [-0.39, 0.29) is 18.1 Å². The van der Waals surface area contributed by atoms with Crippen molar-refractivity contribution in [2.45, 2.75) is 57.8 Å². The van der Waals surface area contributed by atoms with Crippen molar-refractivity contribution in [1.29, 1.82) is 0 Å². The summed E-state index contributed by atoms with van der Waals surface area (Å²) in [6.45, 7) is 5.20. The zero-order valence-corrected chi connectivity index (χ0v) is 13.0. The Balaban J connectivity index is 1.91. The number of carbonyl (C=O) groups is 1. The molecular weight excluding hydrogens is 264 g/mol. The standard InChI is InChI=1S/C17H26N2O2/c1-3-16-10-9-15(18)11-19(16)13(2)17(20)21-12-14-7-5-4-6-8-14/h4-8,13,15-16H,3,9-12,18H2,1-2H3/t13?,15-,16+/m0/s1. The van der Waals surface area contributed by atoms with Gasteiger partial charge in [-0.1, -0.05) is 37.3 Å². The molecule has 1 unspecified atom stereocenters. The first kappa shape index (κ1) is 16.0. The van der Waals surface area contributed by atoms with Crippen molar-refractivity contribution in [3.63, 3.8) is 0 Å². The zero-order valence-electron chi connectivity index (χ0n) is 13.0. The molecule has 0 aliphatic carbocycles. The highest BCUT2D eigenvalue weighted by Gasteiger charge is 2.32. The number of hydrogen-bond donors (Lipinski definition) is 1. The molecule has 1 saturated heterocycles. The van der Waals surface area contributed by atoms with Crippen molar-refractivity contribution in [2.75, 3.05) is 6.54 Å². The van der Waals surface area contributed by atoms with Gasteiger partial charge in [0.1, 0.15) is 12.6 Å². The maximum absolute atomic E-state index is 12.3. The summed E-state index contributed by atoms with van der Waals surface area (Å²) in [7, 11) is 0. The second-order valence-corrected chi connectivity index (χ2v) is 5.87. The normalized spacial score (nSPS) is 24.5. The highest BCUT2D eigenvalue weighted by Crippen LogP contribution is 2.22. The average molecular weight is 290 g/mol. The predicted octanol–water partition coefficient (Wildman–Crippen LogP) is 2.32. The van der Waals surface area contributed by atoms with E-state index in [1.807, 2.05) is 37.3 Å². The van der Waals surface area contributed by atoms with Crippen molar-refractivity contribution >= 4 is 5.97 Å². The summed E-state index contributed by atoms with van der Waals surface area (Å²) in [6, 6.07) is 10.1. The van der Waals surface area contributed by atoms with Gasteiger partial charge in [-0.2, -0.15) is 0 Å². The fourth-order valence-electron chi connectivity index (χ4n) is 2.98. The van der Waals surface area contributed by atoms with Crippen molar-refractivity contribution < 1.29 is 9.53 Å². The van der Waals surface area contributed by atoms with Crippen LogP contribution >= 0.6 is 0 Å². The number of esters is 1. The maximum atomic E-state index is 12.3. The van der Waals surface area contributed by atoms with Crippen molar-refractivity contribution in [2.24, 2.45) is 5.73 Å². The molecule has 0 aromatic heterocycles. The van der Waals surface area contributed by atoms with Crippen LogP contribution < -0.4 is 5.73 Å². The van der Waals surface area contributed by atoms with Crippen molar-refractivity contribution in [3.8, 4) is 0 Å². The number of piperidine rings is 1. The molecule has 1 aliphatic rings. The van der Waals surface area contributed by atoms with Crippen LogP contribution in [0.25, 0.3) is 0 Å². The van der Waals surface area contributed by atoms with Crippen LogP contribution in [-0.2, 0) is 16.1 Å². The Morgan fingerprint density at radius 2 is 2.10 bits per heavy atom. The van der Waals surface area contributed by atoms with Gasteiger partial charge >= 0.3 is 5.97 Å². The Kier molecular flexibility index (Phi) is 5.76.